The zero-order valence-electron chi connectivity index (χ0n) is 19.8. The van der Waals surface area contributed by atoms with Gasteiger partial charge in [0, 0.05) is 12.1 Å². The number of benzene rings is 2. The van der Waals surface area contributed by atoms with Gasteiger partial charge in [-0.3, -0.25) is 19.2 Å². The molecule has 0 bridgehead atoms. The van der Waals surface area contributed by atoms with Gasteiger partial charge in [-0.25, -0.2) is 8.42 Å². The smallest absolute Gasteiger partial charge is 0.271 e. The van der Waals surface area contributed by atoms with Gasteiger partial charge in [-0.05, 0) is 36.5 Å². The molecule has 0 radical (unpaired) electrons. The highest BCUT2D eigenvalue weighted by atomic mass is 32.2. The summed E-state index contributed by atoms with van der Waals surface area (Å²) >= 11 is 0. The first-order valence-electron chi connectivity index (χ1n) is 10.5. The number of anilines is 1. The van der Waals surface area contributed by atoms with E-state index in [1.54, 1.807) is 6.92 Å². The fourth-order valence-electron chi connectivity index (χ4n) is 3.42. The van der Waals surface area contributed by atoms with Crippen LogP contribution in [-0.2, 0) is 20.2 Å². The Morgan fingerprint density at radius 2 is 1.85 bits per heavy atom. The largest absolute Gasteiger partial charge is 0.491 e. The number of sulfonamides is 1. The lowest BCUT2D eigenvalue weighted by atomic mass is 9.86. The minimum Gasteiger partial charge on any atom is -0.491 e. The summed E-state index contributed by atoms with van der Waals surface area (Å²) in [6.07, 6.45) is 0.960. The third-order valence-electron chi connectivity index (χ3n) is 5.08. The summed E-state index contributed by atoms with van der Waals surface area (Å²) < 4.78 is 31.8. The van der Waals surface area contributed by atoms with Crippen LogP contribution in [0.1, 0.15) is 38.8 Å². The number of carbonyl (C=O) groups excluding carboxylic acids is 1. The Morgan fingerprint density at radius 1 is 1.21 bits per heavy atom. The van der Waals surface area contributed by atoms with Crippen molar-refractivity contribution < 1.29 is 22.9 Å². The Hall–Kier alpha value is -3.14. The number of nitrogens with one attached hydrogen (secondary N) is 1. The van der Waals surface area contributed by atoms with Crippen LogP contribution in [0.25, 0.3) is 0 Å². The van der Waals surface area contributed by atoms with Crippen LogP contribution in [0.5, 0.6) is 5.75 Å². The van der Waals surface area contributed by atoms with Gasteiger partial charge in [0.25, 0.3) is 5.69 Å². The standard InChI is InChI=1S/C23H31N3O6S/c1-16-11-12-18(26(28)29)15-20(16)25(33(6,30)31)17(2)22(27)24-13-14-32-21-10-8-7-9-19(21)23(3,4)5/h7-12,15,17H,13-14H2,1-6H3,(H,24,27)/t17-/m1/s1. The average molecular weight is 478 g/mol. The van der Waals surface area contributed by atoms with Gasteiger partial charge in [-0.15, -0.1) is 0 Å². The van der Waals surface area contributed by atoms with Crippen LogP contribution >= 0.6 is 0 Å². The van der Waals surface area contributed by atoms with Crippen molar-refractivity contribution in [2.24, 2.45) is 0 Å². The monoisotopic (exact) mass is 477 g/mol. The number of para-hydroxylation sites is 1. The number of nitrogens with zero attached hydrogens (tertiary/aromatic N) is 2. The Bertz CT molecular complexity index is 1130. The van der Waals surface area contributed by atoms with E-state index in [4.69, 9.17) is 4.74 Å². The summed E-state index contributed by atoms with van der Waals surface area (Å²) in [7, 11) is -3.90. The Morgan fingerprint density at radius 3 is 2.42 bits per heavy atom. The van der Waals surface area contributed by atoms with E-state index < -0.39 is 26.9 Å². The molecule has 2 aromatic rings. The van der Waals surface area contributed by atoms with Crippen LogP contribution in [-0.4, -0.2) is 44.7 Å². The van der Waals surface area contributed by atoms with Crippen molar-refractivity contribution in [3.8, 4) is 5.75 Å². The van der Waals surface area contributed by atoms with Gasteiger partial charge in [0.05, 0.1) is 23.4 Å². The molecule has 1 N–H and O–H groups in total. The zero-order valence-corrected chi connectivity index (χ0v) is 20.6. The SMILES string of the molecule is Cc1ccc([N+](=O)[O-])cc1N([C@H](C)C(=O)NCCOc1ccccc1C(C)(C)C)S(C)(=O)=O. The summed E-state index contributed by atoms with van der Waals surface area (Å²) in [5.74, 6) is 0.177. The van der Waals surface area contributed by atoms with Gasteiger partial charge >= 0.3 is 0 Å². The molecule has 0 spiro atoms. The lowest BCUT2D eigenvalue weighted by Gasteiger charge is -2.29. The van der Waals surface area contributed by atoms with Crippen molar-refractivity contribution >= 4 is 27.3 Å². The van der Waals surface area contributed by atoms with E-state index in [0.29, 0.717) is 5.56 Å². The number of nitro groups is 1. The topological polar surface area (TPSA) is 119 Å². The number of nitro benzene ring substituents is 1. The van der Waals surface area contributed by atoms with E-state index in [2.05, 4.69) is 26.1 Å². The molecular formula is C23H31N3O6S. The first-order valence-corrected chi connectivity index (χ1v) is 12.3. The van der Waals surface area contributed by atoms with E-state index in [1.165, 1.54) is 19.1 Å². The molecule has 0 saturated carbocycles. The third-order valence-corrected chi connectivity index (χ3v) is 6.31. The molecule has 0 aliphatic carbocycles. The Kier molecular flexibility index (Phi) is 8.07. The van der Waals surface area contributed by atoms with Crippen molar-refractivity contribution in [3.63, 3.8) is 0 Å². The van der Waals surface area contributed by atoms with Crippen LogP contribution in [0.2, 0.25) is 0 Å². The number of hydrogen-bond donors (Lipinski definition) is 1. The molecule has 0 heterocycles. The quantitative estimate of drug-likeness (QED) is 0.335. The molecule has 180 valence electrons. The summed E-state index contributed by atoms with van der Waals surface area (Å²) in [5, 5.41) is 13.8. The number of non-ortho nitro benzene ring substituents is 1. The van der Waals surface area contributed by atoms with E-state index in [0.717, 1.165) is 27.9 Å². The predicted molar refractivity (Wildman–Crippen MR) is 128 cm³/mol. The number of aryl methyl sites for hydroxylation is 1. The van der Waals surface area contributed by atoms with Crippen LogP contribution in [0.15, 0.2) is 42.5 Å². The number of rotatable bonds is 9. The van der Waals surface area contributed by atoms with Crippen molar-refractivity contribution in [3.05, 3.63) is 63.7 Å². The second kappa shape index (κ2) is 10.2. The van der Waals surface area contributed by atoms with Crippen molar-refractivity contribution in [2.45, 2.75) is 46.1 Å². The van der Waals surface area contributed by atoms with E-state index >= 15 is 0 Å². The van der Waals surface area contributed by atoms with E-state index in [1.807, 2.05) is 24.3 Å². The Balaban J connectivity index is 2.13. The maximum absolute atomic E-state index is 12.8. The molecule has 9 nitrogen and oxygen atoms in total. The van der Waals surface area contributed by atoms with Crippen LogP contribution in [0.3, 0.4) is 0 Å². The lowest BCUT2D eigenvalue weighted by Crippen LogP contribution is -2.48. The summed E-state index contributed by atoms with van der Waals surface area (Å²) in [6, 6.07) is 10.4. The fraction of sp³-hybridized carbons (Fsp3) is 0.435. The second-order valence-electron chi connectivity index (χ2n) is 8.85. The van der Waals surface area contributed by atoms with Crippen LogP contribution in [0.4, 0.5) is 11.4 Å². The molecule has 2 aromatic carbocycles. The van der Waals surface area contributed by atoms with E-state index in [9.17, 15) is 23.3 Å². The minimum absolute atomic E-state index is 0.0877. The van der Waals surface area contributed by atoms with Gasteiger partial charge in [0.2, 0.25) is 15.9 Å². The van der Waals surface area contributed by atoms with Crippen LogP contribution < -0.4 is 14.4 Å². The van der Waals surface area contributed by atoms with Gasteiger partial charge < -0.3 is 10.1 Å². The molecular weight excluding hydrogens is 446 g/mol. The first-order chi connectivity index (χ1) is 15.2. The first kappa shape index (κ1) is 26.1. The number of amides is 1. The maximum atomic E-state index is 12.8. The molecule has 2 rings (SSSR count). The highest BCUT2D eigenvalue weighted by molar-refractivity contribution is 7.92. The summed E-state index contributed by atoms with van der Waals surface area (Å²) in [4.78, 5) is 23.3. The van der Waals surface area contributed by atoms with Gasteiger partial charge in [-0.2, -0.15) is 0 Å². The molecule has 0 saturated heterocycles. The number of ether oxygens (including phenoxy) is 1. The zero-order chi connectivity index (χ0) is 25.0. The molecule has 1 amide bonds. The Labute approximate surface area is 195 Å². The van der Waals surface area contributed by atoms with Crippen molar-refractivity contribution in [1.29, 1.82) is 0 Å². The molecule has 1 atom stereocenters. The van der Waals surface area contributed by atoms with Gasteiger partial charge in [0.1, 0.15) is 18.4 Å². The lowest BCUT2D eigenvalue weighted by molar-refractivity contribution is -0.384. The molecule has 0 aliphatic rings. The maximum Gasteiger partial charge on any atom is 0.271 e. The number of hydrogen-bond acceptors (Lipinski definition) is 6. The van der Waals surface area contributed by atoms with Gasteiger partial charge in [-0.1, -0.05) is 45.0 Å². The second-order valence-corrected chi connectivity index (χ2v) is 10.7. The highest BCUT2D eigenvalue weighted by Gasteiger charge is 2.31. The van der Waals surface area contributed by atoms with E-state index in [-0.39, 0.29) is 29.9 Å². The molecule has 0 aromatic heterocycles. The molecule has 0 aliphatic heterocycles. The van der Waals surface area contributed by atoms with Crippen molar-refractivity contribution in [1.82, 2.24) is 5.32 Å². The predicted octanol–water partition coefficient (Wildman–Crippen LogP) is 3.55. The molecule has 0 unspecified atom stereocenters. The van der Waals surface area contributed by atoms with Crippen LogP contribution in [0, 0.1) is 17.0 Å². The highest BCUT2D eigenvalue weighted by Crippen LogP contribution is 2.31. The molecule has 10 heteroatoms. The fourth-order valence-corrected chi connectivity index (χ4v) is 4.65. The normalized spacial score (nSPS) is 12.7. The molecule has 33 heavy (non-hydrogen) atoms. The average Bonchev–Trinajstić information content (AvgIpc) is 2.70. The van der Waals surface area contributed by atoms with Gasteiger partial charge in [0.15, 0.2) is 0 Å². The summed E-state index contributed by atoms with van der Waals surface area (Å²) in [5.41, 5.74) is 1.25. The molecule has 0 fully saturated rings. The third kappa shape index (κ3) is 6.67. The minimum atomic E-state index is -3.90. The summed E-state index contributed by atoms with van der Waals surface area (Å²) in [6.45, 7) is 9.65. The van der Waals surface area contributed by atoms with Crippen molar-refractivity contribution in [2.75, 3.05) is 23.7 Å². The number of carbonyl (C=O) groups is 1.